The average Bonchev–Trinajstić information content (AvgIpc) is 2.80. The van der Waals surface area contributed by atoms with Gasteiger partial charge in [0.05, 0.1) is 11.9 Å². The minimum absolute atomic E-state index is 0.198. The normalized spacial score (nSPS) is 10.7. The van der Waals surface area contributed by atoms with E-state index in [4.69, 9.17) is 5.11 Å². The van der Waals surface area contributed by atoms with Crippen molar-refractivity contribution in [2.75, 3.05) is 6.54 Å². The van der Waals surface area contributed by atoms with Crippen molar-refractivity contribution < 1.29 is 9.90 Å². The number of hydrogen-bond acceptors (Lipinski definition) is 3. The first-order valence-corrected chi connectivity index (χ1v) is 6.69. The molecule has 106 valence electrons. The van der Waals surface area contributed by atoms with Gasteiger partial charge in [-0.05, 0) is 32.0 Å². The summed E-state index contributed by atoms with van der Waals surface area (Å²) in [4.78, 5) is 14.8. The molecular weight excluding hydrogens is 254 g/mol. The summed E-state index contributed by atoms with van der Waals surface area (Å²) in [6.07, 6.45) is 2.68. The topological polar surface area (TPSA) is 67.2 Å². The van der Waals surface area contributed by atoms with Crippen LogP contribution in [0.4, 0.5) is 0 Å². The predicted octanol–water partition coefficient (Wildman–Crippen LogP) is 2.14. The van der Waals surface area contributed by atoms with Gasteiger partial charge in [0.1, 0.15) is 5.82 Å². The minimum atomic E-state index is -0.753. The van der Waals surface area contributed by atoms with Crippen LogP contribution in [-0.2, 0) is 11.3 Å². The molecule has 1 aromatic carbocycles. The Kier molecular flexibility index (Phi) is 4.90. The first kappa shape index (κ1) is 14.3. The number of aliphatic carboxylic acids is 1. The first-order chi connectivity index (χ1) is 9.68. The number of rotatable bonds is 7. The van der Waals surface area contributed by atoms with E-state index in [0.29, 0.717) is 19.5 Å². The number of hydrogen-bond donors (Lipinski definition) is 2. The highest BCUT2D eigenvalue weighted by molar-refractivity contribution is 5.66. The Balaban J connectivity index is 1.98. The number of carboxylic acids is 1. The van der Waals surface area contributed by atoms with Crippen LogP contribution in [0.1, 0.15) is 24.4 Å². The number of carboxylic acid groups (broad SMARTS) is 1. The second-order valence-corrected chi connectivity index (χ2v) is 4.64. The molecule has 1 aromatic heterocycles. The fourth-order valence-corrected chi connectivity index (χ4v) is 2.13. The number of nitrogens with one attached hydrogen (secondary N) is 1. The quantitative estimate of drug-likeness (QED) is 0.758. The number of aromatic nitrogens is 2. The van der Waals surface area contributed by atoms with Gasteiger partial charge >= 0.3 is 5.97 Å². The van der Waals surface area contributed by atoms with Gasteiger partial charge in [-0.15, -0.1) is 0 Å². The summed E-state index contributed by atoms with van der Waals surface area (Å²) in [5.74, 6) is 0.190. The third kappa shape index (κ3) is 3.68. The Morgan fingerprint density at radius 1 is 1.35 bits per heavy atom. The number of para-hydroxylation sites is 1. The molecule has 0 amide bonds. The van der Waals surface area contributed by atoms with Gasteiger partial charge in [-0.1, -0.05) is 18.2 Å². The molecule has 0 saturated heterocycles. The maximum atomic E-state index is 10.4. The zero-order valence-electron chi connectivity index (χ0n) is 11.5. The summed E-state index contributed by atoms with van der Waals surface area (Å²) in [6.45, 7) is 3.33. The SMILES string of the molecule is Cc1ncc(CNCCCC(=O)O)n1-c1ccccc1. The zero-order chi connectivity index (χ0) is 14.4. The lowest BCUT2D eigenvalue weighted by molar-refractivity contribution is -0.137. The maximum Gasteiger partial charge on any atom is 0.303 e. The Labute approximate surface area is 118 Å². The smallest absolute Gasteiger partial charge is 0.303 e. The summed E-state index contributed by atoms with van der Waals surface area (Å²) >= 11 is 0. The van der Waals surface area contributed by atoms with Crippen LogP contribution in [0.5, 0.6) is 0 Å². The van der Waals surface area contributed by atoms with Crippen molar-refractivity contribution >= 4 is 5.97 Å². The van der Waals surface area contributed by atoms with Crippen LogP contribution in [0.15, 0.2) is 36.5 Å². The molecule has 2 rings (SSSR count). The monoisotopic (exact) mass is 273 g/mol. The van der Waals surface area contributed by atoms with E-state index in [2.05, 4.69) is 14.9 Å². The van der Waals surface area contributed by atoms with Crippen LogP contribution in [0.3, 0.4) is 0 Å². The van der Waals surface area contributed by atoms with E-state index in [1.807, 2.05) is 43.5 Å². The van der Waals surface area contributed by atoms with E-state index >= 15 is 0 Å². The molecule has 0 aliphatic heterocycles. The van der Waals surface area contributed by atoms with Gasteiger partial charge in [0, 0.05) is 18.7 Å². The van der Waals surface area contributed by atoms with Gasteiger partial charge in [-0.3, -0.25) is 9.36 Å². The third-order valence-corrected chi connectivity index (χ3v) is 3.08. The van der Waals surface area contributed by atoms with E-state index < -0.39 is 5.97 Å². The summed E-state index contributed by atoms with van der Waals surface area (Å²) in [6, 6.07) is 10.1. The minimum Gasteiger partial charge on any atom is -0.481 e. The van der Waals surface area contributed by atoms with Gasteiger partial charge in [-0.25, -0.2) is 4.98 Å². The zero-order valence-corrected chi connectivity index (χ0v) is 11.5. The van der Waals surface area contributed by atoms with Crippen molar-refractivity contribution in [2.24, 2.45) is 0 Å². The molecule has 2 aromatic rings. The Morgan fingerprint density at radius 2 is 2.10 bits per heavy atom. The van der Waals surface area contributed by atoms with Crippen molar-refractivity contribution in [2.45, 2.75) is 26.3 Å². The van der Waals surface area contributed by atoms with E-state index in [9.17, 15) is 4.79 Å². The van der Waals surface area contributed by atoms with E-state index in [1.54, 1.807) is 0 Å². The van der Waals surface area contributed by atoms with Gasteiger partial charge in [0.15, 0.2) is 0 Å². The summed E-state index contributed by atoms with van der Waals surface area (Å²) in [5.41, 5.74) is 2.16. The van der Waals surface area contributed by atoms with Crippen LogP contribution in [0.2, 0.25) is 0 Å². The standard InChI is InChI=1S/C15H19N3O2/c1-12-17-11-14(10-16-9-5-8-15(19)20)18(12)13-6-3-2-4-7-13/h2-4,6-7,11,16H,5,8-10H2,1H3,(H,19,20). The molecule has 2 N–H and O–H groups in total. The molecule has 0 unspecified atom stereocenters. The van der Waals surface area contributed by atoms with Gasteiger partial charge in [-0.2, -0.15) is 0 Å². The lowest BCUT2D eigenvalue weighted by Crippen LogP contribution is -2.18. The number of carbonyl (C=O) groups is 1. The largest absolute Gasteiger partial charge is 0.481 e. The molecule has 0 radical (unpaired) electrons. The fourth-order valence-electron chi connectivity index (χ4n) is 2.13. The molecular formula is C15H19N3O2. The fraction of sp³-hybridized carbons (Fsp3) is 0.333. The van der Waals surface area contributed by atoms with Crippen LogP contribution in [0.25, 0.3) is 5.69 Å². The van der Waals surface area contributed by atoms with E-state index in [0.717, 1.165) is 17.2 Å². The van der Waals surface area contributed by atoms with Crippen molar-refractivity contribution in [1.82, 2.24) is 14.9 Å². The highest BCUT2D eigenvalue weighted by atomic mass is 16.4. The van der Waals surface area contributed by atoms with Crippen LogP contribution in [-0.4, -0.2) is 27.2 Å². The van der Waals surface area contributed by atoms with Crippen molar-refractivity contribution in [3.63, 3.8) is 0 Å². The van der Waals surface area contributed by atoms with E-state index in [-0.39, 0.29) is 6.42 Å². The van der Waals surface area contributed by atoms with Crippen molar-refractivity contribution in [1.29, 1.82) is 0 Å². The second-order valence-electron chi connectivity index (χ2n) is 4.64. The Hall–Kier alpha value is -2.14. The van der Waals surface area contributed by atoms with Crippen molar-refractivity contribution in [3.05, 3.63) is 48.0 Å². The molecule has 5 heteroatoms. The van der Waals surface area contributed by atoms with Crippen LogP contribution >= 0.6 is 0 Å². The molecule has 0 bridgehead atoms. The predicted molar refractivity (Wildman–Crippen MR) is 76.9 cm³/mol. The van der Waals surface area contributed by atoms with E-state index in [1.165, 1.54) is 0 Å². The summed E-state index contributed by atoms with van der Waals surface area (Å²) in [5, 5.41) is 11.8. The number of imidazole rings is 1. The molecule has 1 heterocycles. The third-order valence-electron chi connectivity index (χ3n) is 3.08. The summed E-state index contributed by atoms with van der Waals surface area (Å²) in [7, 11) is 0. The molecule has 0 spiro atoms. The molecule has 5 nitrogen and oxygen atoms in total. The molecule has 0 atom stereocenters. The highest BCUT2D eigenvalue weighted by Crippen LogP contribution is 2.14. The number of aryl methyl sites for hydroxylation is 1. The average molecular weight is 273 g/mol. The molecule has 0 saturated carbocycles. The maximum absolute atomic E-state index is 10.4. The molecule has 20 heavy (non-hydrogen) atoms. The van der Waals surface area contributed by atoms with Crippen molar-refractivity contribution in [3.8, 4) is 5.69 Å². The first-order valence-electron chi connectivity index (χ1n) is 6.69. The number of benzene rings is 1. The van der Waals surface area contributed by atoms with Gasteiger partial charge in [0.25, 0.3) is 0 Å². The Bertz CT molecular complexity index is 564. The lowest BCUT2D eigenvalue weighted by Gasteiger charge is -2.11. The second kappa shape index (κ2) is 6.86. The Morgan fingerprint density at radius 3 is 2.80 bits per heavy atom. The number of nitrogens with zero attached hydrogens (tertiary/aromatic N) is 2. The van der Waals surface area contributed by atoms with Crippen LogP contribution in [0, 0.1) is 6.92 Å². The van der Waals surface area contributed by atoms with Crippen LogP contribution < -0.4 is 5.32 Å². The van der Waals surface area contributed by atoms with Gasteiger partial charge < -0.3 is 10.4 Å². The molecule has 0 aliphatic carbocycles. The summed E-state index contributed by atoms with van der Waals surface area (Å²) < 4.78 is 2.10. The molecule has 0 fully saturated rings. The van der Waals surface area contributed by atoms with Gasteiger partial charge in [0.2, 0.25) is 0 Å². The lowest BCUT2D eigenvalue weighted by atomic mass is 10.3. The highest BCUT2D eigenvalue weighted by Gasteiger charge is 2.07. The molecule has 0 aliphatic rings.